The van der Waals surface area contributed by atoms with E-state index in [1.54, 1.807) is 4.90 Å². The largest absolute Gasteiger partial charge is 0.480 e. The van der Waals surface area contributed by atoms with Crippen molar-refractivity contribution >= 4 is 11.9 Å². The van der Waals surface area contributed by atoms with Gasteiger partial charge in [0, 0.05) is 12.6 Å². The van der Waals surface area contributed by atoms with E-state index >= 15 is 0 Å². The zero-order valence-electron chi connectivity index (χ0n) is 10.2. The Balaban J connectivity index is 2.09. The van der Waals surface area contributed by atoms with Crippen LogP contribution in [-0.4, -0.2) is 49.5 Å². The number of nitrogens with zero attached hydrogens (tertiary/aromatic N) is 4. The van der Waals surface area contributed by atoms with Crippen molar-refractivity contribution in [3.05, 3.63) is 11.9 Å². The highest BCUT2D eigenvalue weighted by Crippen LogP contribution is 2.21. The van der Waals surface area contributed by atoms with Crippen molar-refractivity contribution in [2.75, 3.05) is 6.54 Å². The highest BCUT2D eigenvalue weighted by atomic mass is 16.4. The zero-order chi connectivity index (χ0) is 13.1. The lowest BCUT2D eigenvalue weighted by Crippen LogP contribution is -2.35. The zero-order valence-corrected chi connectivity index (χ0v) is 10.2. The fourth-order valence-electron chi connectivity index (χ4n) is 2.29. The number of amides is 1. The van der Waals surface area contributed by atoms with E-state index in [1.807, 2.05) is 0 Å². The van der Waals surface area contributed by atoms with E-state index in [-0.39, 0.29) is 24.2 Å². The number of hydrogen-bond acceptors (Lipinski definition) is 4. The van der Waals surface area contributed by atoms with Crippen LogP contribution in [-0.2, 0) is 11.3 Å². The first-order valence-electron chi connectivity index (χ1n) is 6.04. The smallest absolute Gasteiger partial charge is 0.325 e. The van der Waals surface area contributed by atoms with Crippen LogP contribution in [0.15, 0.2) is 6.20 Å². The van der Waals surface area contributed by atoms with E-state index in [1.165, 1.54) is 6.20 Å². The lowest BCUT2D eigenvalue weighted by Gasteiger charge is -2.22. The number of aliphatic carboxylic acids is 1. The Labute approximate surface area is 104 Å². The second kappa shape index (κ2) is 5.16. The Bertz CT molecular complexity index is 457. The second-order valence-electron chi connectivity index (χ2n) is 4.40. The molecule has 1 aliphatic heterocycles. The first kappa shape index (κ1) is 12.5. The number of carbonyl (C=O) groups is 2. The maximum atomic E-state index is 12.2. The molecular weight excluding hydrogens is 236 g/mol. The minimum absolute atomic E-state index is 0.156. The summed E-state index contributed by atoms with van der Waals surface area (Å²) < 4.78 is 1.16. The Morgan fingerprint density at radius 2 is 2.33 bits per heavy atom. The number of carboxylic acid groups (broad SMARTS) is 1. The fraction of sp³-hybridized carbons (Fsp3) is 0.636. The number of carboxylic acids is 1. The first-order chi connectivity index (χ1) is 8.61. The van der Waals surface area contributed by atoms with Gasteiger partial charge >= 0.3 is 5.97 Å². The molecule has 1 aromatic rings. The number of carbonyl (C=O) groups excluding carboxylic acids is 1. The summed E-state index contributed by atoms with van der Waals surface area (Å²) in [5.41, 5.74) is 0.219. The van der Waals surface area contributed by atoms with E-state index in [2.05, 4.69) is 17.2 Å². The van der Waals surface area contributed by atoms with Gasteiger partial charge in [-0.2, -0.15) is 0 Å². The van der Waals surface area contributed by atoms with Crippen molar-refractivity contribution < 1.29 is 14.7 Å². The van der Waals surface area contributed by atoms with Crippen LogP contribution in [0.25, 0.3) is 0 Å². The lowest BCUT2D eigenvalue weighted by atomic mass is 10.1. The number of hydrogen-bond donors (Lipinski definition) is 1. The van der Waals surface area contributed by atoms with Crippen LogP contribution < -0.4 is 0 Å². The predicted molar refractivity (Wildman–Crippen MR) is 62.0 cm³/mol. The molecule has 2 rings (SSSR count). The molecule has 0 saturated carbocycles. The van der Waals surface area contributed by atoms with Gasteiger partial charge in [0.1, 0.15) is 6.54 Å². The maximum absolute atomic E-state index is 12.2. The summed E-state index contributed by atoms with van der Waals surface area (Å²) in [6.45, 7) is 2.51. The van der Waals surface area contributed by atoms with E-state index in [9.17, 15) is 9.59 Å². The first-order valence-corrected chi connectivity index (χ1v) is 6.04. The average molecular weight is 252 g/mol. The summed E-state index contributed by atoms with van der Waals surface area (Å²) in [5.74, 6) is -1.16. The molecule has 1 aromatic heterocycles. The second-order valence-corrected chi connectivity index (χ2v) is 4.40. The van der Waals surface area contributed by atoms with Gasteiger partial charge in [-0.15, -0.1) is 5.10 Å². The van der Waals surface area contributed by atoms with E-state index in [0.717, 1.165) is 30.5 Å². The van der Waals surface area contributed by atoms with Crippen LogP contribution in [0.3, 0.4) is 0 Å². The normalized spacial score (nSPS) is 19.2. The average Bonchev–Trinajstić information content (AvgIpc) is 2.95. The third kappa shape index (κ3) is 2.49. The van der Waals surface area contributed by atoms with Crippen LogP contribution >= 0.6 is 0 Å². The molecule has 2 heterocycles. The standard InChI is InChI=1S/C11H16N4O3/c1-2-8-4-3-5-15(8)11(18)9-6-14(13-12-9)7-10(16)17/h6,8H,2-5,7H2,1H3,(H,16,17). The molecule has 7 heteroatoms. The van der Waals surface area contributed by atoms with Gasteiger partial charge in [-0.05, 0) is 19.3 Å². The SMILES string of the molecule is CCC1CCCN1C(=O)c1cn(CC(=O)O)nn1. The molecule has 0 aliphatic carbocycles. The molecule has 1 N–H and O–H groups in total. The molecule has 0 bridgehead atoms. The molecule has 1 amide bonds. The fourth-order valence-corrected chi connectivity index (χ4v) is 2.29. The summed E-state index contributed by atoms with van der Waals surface area (Å²) in [7, 11) is 0. The Hall–Kier alpha value is -1.92. The summed E-state index contributed by atoms with van der Waals surface area (Å²) in [6, 6.07) is 0.266. The van der Waals surface area contributed by atoms with Crippen molar-refractivity contribution in [3.63, 3.8) is 0 Å². The van der Waals surface area contributed by atoms with Crippen LogP contribution in [0.5, 0.6) is 0 Å². The molecule has 0 spiro atoms. The summed E-state index contributed by atoms with van der Waals surface area (Å²) in [4.78, 5) is 24.5. The molecule has 18 heavy (non-hydrogen) atoms. The number of aromatic nitrogens is 3. The van der Waals surface area contributed by atoms with Gasteiger partial charge in [0.05, 0.1) is 6.20 Å². The lowest BCUT2D eigenvalue weighted by molar-refractivity contribution is -0.137. The third-order valence-electron chi connectivity index (χ3n) is 3.16. The number of rotatable bonds is 4. The Morgan fingerprint density at radius 1 is 1.56 bits per heavy atom. The third-order valence-corrected chi connectivity index (χ3v) is 3.16. The van der Waals surface area contributed by atoms with Crippen molar-refractivity contribution in [3.8, 4) is 0 Å². The highest BCUT2D eigenvalue weighted by Gasteiger charge is 2.29. The molecule has 0 radical (unpaired) electrons. The van der Waals surface area contributed by atoms with Crippen molar-refractivity contribution in [1.29, 1.82) is 0 Å². The van der Waals surface area contributed by atoms with Gasteiger partial charge in [-0.3, -0.25) is 9.59 Å². The van der Waals surface area contributed by atoms with Gasteiger partial charge in [-0.1, -0.05) is 12.1 Å². The quantitative estimate of drug-likeness (QED) is 0.836. The minimum atomic E-state index is -1.01. The summed E-state index contributed by atoms with van der Waals surface area (Å²) in [5, 5.41) is 16.0. The van der Waals surface area contributed by atoms with Crippen LogP contribution in [0.2, 0.25) is 0 Å². The van der Waals surface area contributed by atoms with E-state index < -0.39 is 5.97 Å². The van der Waals surface area contributed by atoms with Gasteiger partial charge in [-0.25, -0.2) is 4.68 Å². The minimum Gasteiger partial charge on any atom is -0.480 e. The summed E-state index contributed by atoms with van der Waals surface area (Å²) >= 11 is 0. The highest BCUT2D eigenvalue weighted by molar-refractivity contribution is 5.92. The summed E-state index contributed by atoms with van der Waals surface area (Å²) in [6.07, 6.45) is 4.34. The molecular formula is C11H16N4O3. The molecule has 98 valence electrons. The van der Waals surface area contributed by atoms with Crippen LogP contribution in [0.4, 0.5) is 0 Å². The van der Waals surface area contributed by atoms with Crippen molar-refractivity contribution in [2.24, 2.45) is 0 Å². The van der Waals surface area contributed by atoms with Gasteiger partial charge in [0.15, 0.2) is 5.69 Å². The van der Waals surface area contributed by atoms with Crippen molar-refractivity contribution in [2.45, 2.75) is 38.8 Å². The van der Waals surface area contributed by atoms with Gasteiger partial charge in [0.2, 0.25) is 0 Å². The Morgan fingerprint density at radius 3 is 3.00 bits per heavy atom. The van der Waals surface area contributed by atoms with E-state index in [0.29, 0.717) is 0 Å². The molecule has 1 unspecified atom stereocenters. The predicted octanol–water partition coefficient (Wildman–Crippen LogP) is 0.377. The van der Waals surface area contributed by atoms with Crippen LogP contribution in [0.1, 0.15) is 36.7 Å². The molecule has 1 fully saturated rings. The molecule has 0 aromatic carbocycles. The number of likely N-dealkylation sites (tertiary alicyclic amines) is 1. The molecule has 7 nitrogen and oxygen atoms in total. The van der Waals surface area contributed by atoms with Crippen LogP contribution in [0, 0.1) is 0 Å². The van der Waals surface area contributed by atoms with Gasteiger partial charge in [0.25, 0.3) is 5.91 Å². The van der Waals surface area contributed by atoms with Gasteiger partial charge < -0.3 is 10.0 Å². The Kier molecular flexibility index (Phi) is 3.59. The maximum Gasteiger partial charge on any atom is 0.325 e. The van der Waals surface area contributed by atoms with E-state index in [4.69, 9.17) is 5.11 Å². The molecule has 1 saturated heterocycles. The topological polar surface area (TPSA) is 88.3 Å². The molecule has 1 atom stereocenters. The monoisotopic (exact) mass is 252 g/mol. The molecule has 1 aliphatic rings. The van der Waals surface area contributed by atoms with Crippen molar-refractivity contribution in [1.82, 2.24) is 19.9 Å².